The normalized spacial score (nSPS) is 11.2. The van der Waals surface area contributed by atoms with E-state index in [2.05, 4.69) is 5.92 Å². The van der Waals surface area contributed by atoms with Crippen molar-refractivity contribution in [2.75, 3.05) is 5.75 Å². The van der Waals surface area contributed by atoms with Gasteiger partial charge >= 0.3 is 0 Å². The van der Waals surface area contributed by atoms with Crippen LogP contribution in [0, 0.1) is 18.3 Å². The molecule has 90 valence electrons. The first-order chi connectivity index (χ1) is 7.88. The molecule has 0 unspecified atom stereocenters. The number of hydrogen-bond donors (Lipinski definition) is 0. The molecule has 0 atom stereocenters. The third-order valence-corrected chi connectivity index (χ3v) is 3.83. The van der Waals surface area contributed by atoms with Gasteiger partial charge in [-0.3, -0.25) is 4.79 Å². The zero-order valence-corrected chi connectivity index (χ0v) is 10.6. The van der Waals surface area contributed by atoms with Gasteiger partial charge in [0.05, 0.1) is 4.90 Å². The van der Waals surface area contributed by atoms with Crippen molar-refractivity contribution in [1.29, 1.82) is 0 Å². The van der Waals surface area contributed by atoms with Gasteiger partial charge in [-0.05, 0) is 12.1 Å². The fourth-order valence-corrected chi connectivity index (χ4v) is 2.29. The standard InChI is InChI=1S/C13H14O3S/c1-4-9-17(15,16)12-7-5-11(6-8-12)13(14)10(2)3/h1,5-8,10H,9H2,2-3H3. The number of ketones is 1. The number of sulfone groups is 1. The number of Topliss-reactive ketones (excluding diaryl/α,β-unsaturated/α-hetero) is 1. The summed E-state index contributed by atoms with van der Waals surface area (Å²) in [6, 6.07) is 5.88. The van der Waals surface area contributed by atoms with E-state index in [0.717, 1.165) is 0 Å². The van der Waals surface area contributed by atoms with Gasteiger partial charge in [0, 0.05) is 11.5 Å². The number of rotatable bonds is 4. The summed E-state index contributed by atoms with van der Waals surface area (Å²) >= 11 is 0. The van der Waals surface area contributed by atoms with Gasteiger partial charge in [0.25, 0.3) is 0 Å². The Labute approximate surface area is 102 Å². The highest BCUT2D eigenvalue weighted by atomic mass is 32.2. The minimum atomic E-state index is -3.42. The van der Waals surface area contributed by atoms with E-state index in [0.29, 0.717) is 5.56 Å². The fraction of sp³-hybridized carbons (Fsp3) is 0.308. The molecule has 0 aromatic heterocycles. The Morgan fingerprint density at radius 2 is 1.82 bits per heavy atom. The molecular weight excluding hydrogens is 236 g/mol. The SMILES string of the molecule is C#CCS(=O)(=O)c1ccc(C(=O)C(C)C)cc1. The molecule has 0 aliphatic heterocycles. The topological polar surface area (TPSA) is 51.2 Å². The second kappa shape index (κ2) is 5.15. The van der Waals surface area contributed by atoms with Crippen molar-refractivity contribution in [2.24, 2.45) is 5.92 Å². The predicted molar refractivity (Wildman–Crippen MR) is 66.5 cm³/mol. The number of terminal acetylenes is 1. The van der Waals surface area contributed by atoms with Gasteiger partial charge < -0.3 is 0 Å². The second-order valence-electron chi connectivity index (χ2n) is 4.01. The molecule has 0 radical (unpaired) electrons. The average Bonchev–Trinajstić information content (AvgIpc) is 2.28. The van der Waals surface area contributed by atoms with E-state index >= 15 is 0 Å². The summed E-state index contributed by atoms with van der Waals surface area (Å²) in [6.45, 7) is 3.59. The summed E-state index contributed by atoms with van der Waals surface area (Å²) in [7, 11) is -3.42. The minimum Gasteiger partial charge on any atom is -0.294 e. The van der Waals surface area contributed by atoms with Gasteiger partial charge in [-0.25, -0.2) is 8.42 Å². The van der Waals surface area contributed by atoms with Gasteiger partial charge in [-0.1, -0.05) is 31.9 Å². The van der Waals surface area contributed by atoms with Crippen molar-refractivity contribution in [1.82, 2.24) is 0 Å². The Morgan fingerprint density at radius 3 is 2.24 bits per heavy atom. The maximum absolute atomic E-state index is 11.6. The van der Waals surface area contributed by atoms with E-state index in [9.17, 15) is 13.2 Å². The third-order valence-electron chi connectivity index (χ3n) is 2.30. The zero-order valence-electron chi connectivity index (χ0n) is 9.80. The van der Waals surface area contributed by atoms with E-state index < -0.39 is 9.84 Å². The molecule has 0 heterocycles. The average molecular weight is 250 g/mol. The lowest BCUT2D eigenvalue weighted by Crippen LogP contribution is -2.09. The van der Waals surface area contributed by atoms with Crippen LogP contribution in [0.25, 0.3) is 0 Å². The van der Waals surface area contributed by atoms with Crippen molar-refractivity contribution >= 4 is 15.6 Å². The van der Waals surface area contributed by atoms with Gasteiger partial charge in [0.15, 0.2) is 15.6 Å². The summed E-state index contributed by atoms with van der Waals surface area (Å²) < 4.78 is 23.2. The first-order valence-corrected chi connectivity index (χ1v) is 6.84. The molecule has 0 spiro atoms. The zero-order chi connectivity index (χ0) is 13.1. The summed E-state index contributed by atoms with van der Waals surface area (Å²) in [5, 5.41) is 0. The molecule has 4 heteroatoms. The summed E-state index contributed by atoms with van der Waals surface area (Å²) in [5.41, 5.74) is 0.514. The molecule has 0 aliphatic carbocycles. The molecule has 0 amide bonds. The van der Waals surface area contributed by atoms with Crippen LogP contribution in [0.1, 0.15) is 24.2 Å². The monoisotopic (exact) mass is 250 g/mol. The molecule has 1 rings (SSSR count). The second-order valence-corrected chi connectivity index (χ2v) is 6.00. The van der Waals surface area contributed by atoms with Crippen LogP contribution in [0.5, 0.6) is 0 Å². The van der Waals surface area contributed by atoms with E-state index in [1.54, 1.807) is 13.8 Å². The lowest BCUT2D eigenvalue weighted by Gasteiger charge is -2.05. The Bertz CT molecular complexity index is 545. The molecule has 17 heavy (non-hydrogen) atoms. The molecular formula is C13H14O3S. The van der Waals surface area contributed by atoms with E-state index in [-0.39, 0.29) is 22.3 Å². The highest BCUT2D eigenvalue weighted by Gasteiger charge is 2.15. The van der Waals surface area contributed by atoms with E-state index in [4.69, 9.17) is 6.42 Å². The van der Waals surface area contributed by atoms with Gasteiger partial charge in [-0.15, -0.1) is 6.42 Å². The van der Waals surface area contributed by atoms with Crippen LogP contribution in [-0.4, -0.2) is 20.0 Å². The number of benzene rings is 1. The Morgan fingerprint density at radius 1 is 1.29 bits per heavy atom. The fourth-order valence-electron chi connectivity index (χ4n) is 1.35. The van der Waals surface area contributed by atoms with Crippen LogP contribution >= 0.6 is 0 Å². The molecule has 0 fully saturated rings. The molecule has 3 nitrogen and oxygen atoms in total. The maximum Gasteiger partial charge on any atom is 0.189 e. The minimum absolute atomic E-state index is 0.00843. The molecule has 1 aromatic carbocycles. The molecule has 1 aromatic rings. The highest BCUT2D eigenvalue weighted by Crippen LogP contribution is 2.14. The number of carbonyl (C=O) groups is 1. The molecule has 0 saturated heterocycles. The van der Waals surface area contributed by atoms with Crippen molar-refractivity contribution < 1.29 is 13.2 Å². The largest absolute Gasteiger partial charge is 0.294 e. The van der Waals surface area contributed by atoms with E-state index in [1.165, 1.54) is 24.3 Å². The lowest BCUT2D eigenvalue weighted by atomic mass is 10.0. The quantitative estimate of drug-likeness (QED) is 0.606. The van der Waals surface area contributed by atoms with Crippen LogP contribution in [-0.2, 0) is 9.84 Å². The Hall–Kier alpha value is -1.60. The van der Waals surface area contributed by atoms with Crippen LogP contribution in [0.4, 0.5) is 0 Å². The van der Waals surface area contributed by atoms with Crippen LogP contribution in [0.15, 0.2) is 29.2 Å². The Balaban J connectivity index is 3.05. The lowest BCUT2D eigenvalue weighted by molar-refractivity contribution is 0.0939. The van der Waals surface area contributed by atoms with Crippen LogP contribution < -0.4 is 0 Å². The molecule has 0 saturated carbocycles. The predicted octanol–water partition coefficient (Wildman–Crippen LogP) is 1.93. The van der Waals surface area contributed by atoms with Gasteiger partial charge in [-0.2, -0.15) is 0 Å². The number of hydrogen-bond acceptors (Lipinski definition) is 3. The molecule has 0 aliphatic rings. The third kappa shape index (κ3) is 3.18. The van der Waals surface area contributed by atoms with E-state index in [1.807, 2.05) is 0 Å². The Kier molecular flexibility index (Phi) is 4.08. The van der Waals surface area contributed by atoms with Gasteiger partial charge in [0.1, 0.15) is 5.75 Å². The molecule has 0 N–H and O–H groups in total. The first kappa shape index (κ1) is 13.5. The number of carbonyl (C=O) groups excluding carboxylic acids is 1. The smallest absolute Gasteiger partial charge is 0.189 e. The first-order valence-electron chi connectivity index (χ1n) is 5.19. The van der Waals surface area contributed by atoms with Crippen molar-refractivity contribution in [3.63, 3.8) is 0 Å². The van der Waals surface area contributed by atoms with Crippen molar-refractivity contribution in [2.45, 2.75) is 18.7 Å². The van der Waals surface area contributed by atoms with Crippen LogP contribution in [0.2, 0.25) is 0 Å². The maximum atomic E-state index is 11.6. The van der Waals surface area contributed by atoms with Crippen molar-refractivity contribution in [3.05, 3.63) is 29.8 Å². The summed E-state index contributed by atoms with van der Waals surface area (Å²) in [4.78, 5) is 11.8. The summed E-state index contributed by atoms with van der Waals surface area (Å²) in [6.07, 6.45) is 4.99. The molecule has 0 bridgehead atoms. The summed E-state index contributed by atoms with van der Waals surface area (Å²) in [5.74, 6) is 1.66. The van der Waals surface area contributed by atoms with Crippen molar-refractivity contribution in [3.8, 4) is 12.3 Å². The highest BCUT2D eigenvalue weighted by molar-refractivity contribution is 7.91. The van der Waals surface area contributed by atoms with Gasteiger partial charge in [0.2, 0.25) is 0 Å². The van der Waals surface area contributed by atoms with Crippen LogP contribution in [0.3, 0.4) is 0 Å².